The Bertz CT molecular complexity index is 1050. The third-order valence-corrected chi connectivity index (χ3v) is 4.89. The Morgan fingerprint density at radius 2 is 1.69 bits per heavy atom. The van der Waals surface area contributed by atoms with Crippen LogP contribution in [0.5, 0.6) is 11.5 Å². The number of carbonyl (C=O) groups excluding carboxylic acids is 3. The predicted octanol–water partition coefficient (Wildman–Crippen LogP) is 3.05. The standard InChI is InChI=1S/C22H22N2O5/c1-11-12(2)20-18(13(3)19(11)29-14(4)25)9-16(10-28-20)22(27)24-17-7-5-15(6-8-17)21(23)26/h5-9H,10H2,1-4H3,(H2,23,26)(H,24,27). The fraction of sp³-hybridized carbons (Fsp3) is 0.227. The molecule has 2 amide bonds. The van der Waals surface area contributed by atoms with Gasteiger partial charge in [0.05, 0.1) is 5.57 Å². The molecule has 7 heteroatoms. The quantitative estimate of drug-likeness (QED) is 0.612. The Balaban J connectivity index is 1.92. The summed E-state index contributed by atoms with van der Waals surface area (Å²) in [5, 5.41) is 2.78. The molecule has 0 saturated heterocycles. The Morgan fingerprint density at radius 3 is 2.28 bits per heavy atom. The van der Waals surface area contributed by atoms with Crippen LogP contribution in [0, 0.1) is 20.8 Å². The highest BCUT2D eigenvalue weighted by Crippen LogP contribution is 2.41. The van der Waals surface area contributed by atoms with Crippen LogP contribution in [0.4, 0.5) is 5.69 Å². The Morgan fingerprint density at radius 1 is 1.03 bits per heavy atom. The zero-order chi connectivity index (χ0) is 21.3. The molecule has 1 aliphatic heterocycles. The molecule has 2 aromatic carbocycles. The van der Waals surface area contributed by atoms with Crippen LogP contribution in [0.3, 0.4) is 0 Å². The lowest BCUT2D eigenvalue weighted by atomic mass is 9.94. The molecule has 1 aliphatic rings. The maximum Gasteiger partial charge on any atom is 0.308 e. The summed E-state index contributed by atoms with van der Waals surface area (Å²) in [6, 6.07) is 6.29. The first-order valence-electron chi connectivity index (χ1n) is 9.05. The Hall–Kier alpha value is -3.61. The third-order valence-electron chi connectivity index (χ3n) is 4.89. The number of nitrogens with two attached hydrogens (primary N) is 1. The van der Waals surface area contributed by atoms with E-state index in [1.165, 1.54) is 6.92 Å². The molecule has 0 aliphatic carbocycles. The first-order chi connectivity index (χ1) is 13.7. The molecule has 3 rings (SSSR count). The number of benzene rings is 2. The van der Waals surface area contributed by atoms with Gasteiger partial charge in [-0.3, -0.25) is 14.4 Å². The zero-order valence-corrected chi connectivity index (χ0v) is 16.7. The van der Waals surface area contributed by atoms with Gasteiger partial charge in [0.25, 0.3) is 5.91 Å². The van der Waals surface area contributed by atoms with Crippen molar-refractivity contribution in [3.05, 3.63) is 57.7 Å². The highest BCUT2D eigenvalue weighted by molar-refractivity contribution is 6.08. The van der Waals surface area contributed by atoms with Crippen LogP contribution >= 0.6 is 0 Å². The molecule has 0 atom stereocenters. The van der Waals surface area contributed by atoms with E-state index in [1.54, 1.807) is 30.3 Å². The van der Waals surface area contributed by atoms with Crippen molar-refractivity contribution < 1.29 is 23.9 Å². The van der Waals surface area contributed by atoms with E-state index in [4.69, 9.17) is 15.2 Å². The summed E-state index contributed by atoms with van der Waals surface area (Å²) in [4.78, 5) is 35.3. The van der Waals surface area contributed by atoms with Crippen molar-refractivity contribution in [1.29, 1.82) is 0 Å². The van der Waals surface area contributed by atoms with Gasteiger partial charge < -0.3 is 20.5 Å². The van der Waals surface area contributed by atoms with Crippen LogP contribution in [0.15, 0.2) is 29.8 Å². The van der Waals surface area contributed by atoms with Crippen molar-refractivity contribution in [3.63, 3.8) is 0 Å². The van der Waals surface area contributed by atoms with Crippen molar-refractivity contribution >= 4 is 29.5 Å². The normalized spacial score (nSPS) is 12.3. The van der Waals surface area contributed by atoms with Gasteiger partial charge in [-0.25, -0.2) is 0 Å². The average molecular weight is 394 g/mol. The number of nitrogens with one attached hydrogen (secondary N) is 1. The SMILES string of the molecule is CC(=O)Oc1c(C)c(C)c2c(c1C)C=C(C(=O)Nc1ccc(C(N)=O)cc1)CO2. The fourth-order valence-corrected chi connectivity index (χ4v) is 3.20. The van der Waals surface area contributed by atoms with Crippen LogP contribution in [0.25, 0.3) is 6.08 Å². The van der Waals surface area contributed by atoms with Crippen molar-refractivity contribution in [2.45, 2.75) is 27.7 Å². The van der Waals surface area contributed by atoms with E-state index < -0.39 is 11.9 Å². The maximum absolute atomic E-state index is 12.7. The summed E-state index contributed by atoms with van der Waals surface area (Å²) in [6.07, 6.45) is 1.75. The summed E-state index contributed by atoms with van der Waals surface area (Å²) in [5.41, 5.74) is 9.67. The van der Waals surface area contributed by atoms with Gasteiger partial charge in [-0.1, -0.05) is 0 Å². The van der Waals surface area contributed by atoms with Crippen molar-refractivity contribution in [3.8, 4) is 11.5 Å². The van der Waals surface area contributed by atoms with E-state index in [2.05, 4.69) is 5.32 Å². The highest BCUT2D eigenvalue weighted by Gasteiger charge is 2.25. The molecular weight excluding hydrogens is 372 g/mol. The molecule has 1 heterocycles. The minimum absolute atomic E-state index is 0.116. The number of primary amides is 1. The molecule has 0 spiro atoms. The number of amides is 2. The largest absolute Gasteiger partial charge is 0.488 e. The third kappa shape index (κ3) is 3.99. The summed E-state index contributed by atoms with van der Waals surface area (Å²) < 4.78 is 11.2. The van der Waals surface area contributed by atoms with Gasteiger partial charge >= 0.3 is 5.97 Å². The molecule has 0 unspecified atom stereocenters. The molecule has 0 saturated carbocycles. The number of fused-ring (bicyclic) bond motifs is 1. The number of ether oxygens (including phenoxy) is 2. The van der Waals surface area contributed by atoms with Crippen LogP contribution in [0.2, 0.25) is 0 Å². The molecule has 29 heavy (non-hydrogen) atoms. The molecule has 3 N–H and O–H groups in total. The molecule has 0 aromatic heterocycles. The minimum atomic E-state index is -0.535. The van der Waals surface area contributed by atoms with E-state index >= 15 is 0 Å². The maximum atomic E-state index is 12.7. The van der Waals surface area contributed by atoms with Gasteiger partial charge in [-0.2, -0.15) is 0 Å². The zero-order valence-electron chi connectivity index (χ0n) is 16.7. The molecule has 0 radical (unpaired) electrons. The van der Waals surface area contributed by atoms with E-state index in [-0.39, 0.29) is 12.5 Å². The number of rotatable bonds is 4. The lowest BCUT2D eigenvalue weighted by Gasteiger charge is -2.24. The van der Waals surface area contributed by atoms with Crippen LogP contribution in [-0.4, -0.2) is 24.4 Å². The molecule has 0 fully saturated rings. The summed E-state index contributed by atoms with van der Waals surface area (Å²) in [5.74, 6) is -0.106. The van der Waals surface area contributed by atoms with Gasteiger partial charge in [-0.05, 0) is 62.2 Å². The van der Waals surface area contributed by atoms with Crippen LogP contribution in [0.1, 0.15) is 39.5 Å². The molecule has 7 nitrogen and oxygen atoms in total. The van der Waals surface area contributed by atoms with Gasteiger partial charge in [-0.15, -0.1) is 0 Å². The van der Waals surface area contributed by atoms with Gasteiger partial charge in [0.1, 0.15) is 18.1 Å². The molecule has 150 valence electrons. The first-order valence-corrected chi connectivity index (χ1v) is 9.05. The van der Waals surface area contributed by atoms with E-state index in [1.807, 2.05) is 20.8 Å². The summed E-state index contributed by atoms with van der Waals surface area (Å²) in [7, 11) is 0. The number of carbonyl (C=O) groups is 3. The van der Waals surface area contributed by atoms with Crippen molar-refractivity contribution in [2.24, 2.45) is 5.73 Å². The van der Waals surface area contributed by atoms with Crippen LogP contribution < -0.4 is 20.5 Å². The number of hydrogen-bond acceptors (Lipinski definition) is 5. The number of hydrogen-bond donors (Lipinski definition) is 2. The summed E-state index contributed by atoms with van der Waals surface area (Å²) in [6.45, 7) is 7.05. The van der Waals surface area contributed by atoms with Crippen molar-refractivity contribution in [1.82, 2.24) is 0 Å². The molecule has 0 bridgehead atoms. The predicted molar refractivity (Wildman–Crippen MR) is 109 cm³/mol. The highest BCUT2D eigenvalue weighted by atomic mass is 16.5. The number of anilines is 1. The summed E-state index contributed by atoms with van der Waals surface area (Å²) >= 11 is 0. The lowest BCUT2D eigenvalue weighted by molar-refractivity contribution is -0.132. The van der Waals surface area contributed by atoms with E-state index in [0.717, 1.165) is 16.7 Å². The van der Waals surface area contributed by atoms with Gasteiger partial charge in [0.15, 0.2) is 0 Å². The monoisotopic (exact) mass is 394 g/mol. The first kappa shape index (κ1) is 20.1. The Labute approximate surface area is 168 Å². The van der Waals surface area contributed by atoms with E-state index in [0.29, 0.717) is 33.9 Å². The second-order valence-corrected chi connectivity index (χ2v) is 6.89. The minimum Gasteiger partial charge on any atom is -0.488 e. The van der Waals surface area contributed by atoms with E-state index in [9.17, 15) is 14.4 Å². The van der Waals surface area contributed by atoms with Crippen LogP contribution in [-0.2, 0) is 9.59 Å². The smallest absolute Gasteiger partial charge is 0.308 e. The molecular formula is C22H22N2O5. The second-order valence-electron chi connectivity index (χ2n) is 6.89. The van der Waals surface area contributed by atoms with Gasteiger partial charge in [0, 0.05) is 29.3 Å². The second kappa shape index (κ2) is 7.79. The van der Waals surface area contributed by atoms with Crippen molar-refractivity contribution in [2.75, 3.05) is 11.9 Å². The van der Waals surface area contributed by atoms with Gasteiger partial charge in [0.2, 0.25) is 5.91 Å². The topological polar surface area (TPSA) is 108 Å². The average Bonchev–Trinajstić information content (AvgIpc) is 2.69. The number of esters is 1. The molecule has 2 aromatic rings. The Kier molecular flexibility index (Phi) is 5.41. The fourth-order valence-electron chi connectivity index (χ4n) is 3.20. The lowest BCUT2D eigenvalue weighted by Crippen LogP contribution is -2.22.